The molecule has 9 heteroatoms. The third-order valence-corrected chi connectivity index (χ3v) is 5.63. The number of aliphatic hydroxyl groups excluding tert-OH is 1. The van der Waals surface area contributed by atoms with Gasteiger partial charge >= 0.3 is 12.2 Å². The van der Waals surface area contributed by atoms with Crippen LogP contribution in [0.3, 0.4) is 0 Å². The molecule has 0 radical (unpaired) electrons. The number of benzene rings is 2. The van der Waals surface area contributed by atoms with Crippen LogP contribution in [-0.2, 0) is 11.8 Å². The van der Waals surface area contributed by atoms with E-state index in [1.165, 1.54) is 13.2 Å². The predicted octanol–water partition coefficient (Wildman–Crippen LogP) is 4.33. The van der Waals surface area contributed by atoms with Crippen LogP contribution in [0.15, 0.2) is 36.4 Å². The summed E-state index contributed by atoms with van der Waals surface area (Å²) in [6.07, 6.45) is -5.13. The average Bonchev–Trinajstić information content (AvgIpc) is 3.01. The number of carbonyl (C=O) groups is 1. The Morgan fingerprint density at radius 2 is 1.88 bits per heavy atom. The smallest absolute Gasteiger partial charge is 0.407 e. The van der Waals surface area contributed by atoms with E-state index in [-0.39, 0.29) is 17.0 Å². The molecule has 0 spiro atoms. The van der Waals surface area contributed by atoms with E-state index in [4.69, 9.17) is 10.5 Å². The van der Waals surface area contributed by atoms with Crippen molar-refractivity contribution in [2.45, 2.75) is 57.0 Å². The molecular formula is C23H28F3N3O3. The highest BCUT2D eigenvalue weighted by atomic mass is 19.4. The zero-order valence-electron chi connectivity index (χ0n) is 18.4. The summed E-state index contributed by atoms with van der Waals surface area (Å²) >= 11 is 0. The van der Waals surface area contributed by atoms with Gasteiger partial charge in [-0.25, -0.2) is 4.79 Å². The molecule has 2 amide bonds. The number of anilines is 1. The first kappa shape index (κ1) is 23.9. The molecule has 174 valence electrons. The highest BCUT2D eigenvalue weighted by molar-refractivity contribution is 5.92. The van der Waals surface area contributed by atoms with Crippen LogP contribution in [-0.4, -0.2) is 30.5 Å². The number of aliphatic hydroxyl groups is 1. The average molecular weight is 451 g/mol. The Morgan fingerprint density at radius 1 is 1.22 bits per heavy atom. The predicted molar refractivity (Wildman–Crippen MR) is 116 cm³/mol. The van der Waals surface area contributed by atoms with Gasteiger partial charge in [0.15, 0.2) is 0 Å². The minimum Gasteiger partial charge on any atom is -0.494 e. The highest BCUT2D eigenvalue weighted by Crippen LogP contribution is 2.42. The molecule has 3 rings (SSSR count). The monoisotopic (exact) mass is 451 g/mol. The van der Waals surface area contributed by atoms with Crippen LogP contribution in [0.25, 0.3) is 0 Å². The number of halogens is 3. The Bertz CT molecular complexity index is 1000. The molecule has 3 atom stereocenters. The van der Waals surface area contributed by atoms with Crippen molar-refractivity contribution in [3.05, 3.63) is 58.7 Å². The van der Waals surface area contributed by atoms with E-state index in [0.29, 0.717) is 12.0 Å². The zero-order valence-corrected chi connectivity index (χ0v) is 18.4. The van der Waals surface area contributed by atoms with Gasteiger partial charge in [0.25, 0.3) is 0 Å². The molecule has 32 heavy (non-hydrogen) atoms. The maximum absolute atomic E-state index is 13.4. The topological polar surface area (TPSA) is 96.6 Å². The number of methoxy groups -OCH3 is 1. The minimum absolute atomic E-state index is 0.0668. The largest absolute Gasteiger partial charge is 0.494 e. The summed E-state index contributed by atoms with van der Waals surface area (Å²) in [6, 6.07) is 6.73. The molecule has 0 saturated heterocycles. The van der Waals surface area contributed by atoms with Crippen molar-refractivity contribution in [1.29, 1.82) is 0 Å². The first-order valence-electron chi connectivity index (χ1n) is 10.2. The minimum atomic E-state index is -4.69. The van der Waals surface area contributed by atoms with Crippen LogP contribution in [0.4, 0.5) is 23.7 Å². The molecule has 0 aliphatic heterocycles. The van der Waals surface area contributed by atoms with Crippen molar-refractivity contribution in [2.24, 2.45) is 5.73 Å². The lowest BCUT2D eigenvalue weighted by atomic mass is 9.84. The maximum atomic E-state index is 13.4. The fraction of sp³-hybridized carbons (Fsp3) is 0.435. The van der Waals surface area contributed by atoms with E-state index in [1.807, 2.05) is 32.9 Å². The second-order valence-corrected chi connectivity index (χ2v) is 8.97. The fourth-order valence-electron chi connectivity index (χ4n) is 3.84. The van der Waals surface area contributed by atoms with Crippen LogP contribution in [0.1, 0.15) is 55.2 Å². The number of urea groups is 1. The SMILES string of the molecule is COc1c(NC(=O)N[C@@H]2Cc3ccccc3[C@H]2O)cc(C(C)(C)C)cc1C(N)C(F)(F)F. The van der Waals surface area contributed by atoms with Crippen molar-refractivity contribution >= 4 is 11.7 Å². The Kier molecular flexibility index (Phi) is 6.44. The number of amides is 2. The quantitative estimate of drug-likeness (QED) is 0.556. The van der Waals surface area contributed by atoms with Crippen molar-refractivity contribution in [3.63, 3.8) is 0 Å². The Balaban J connectivity index is 1.90. The molecule has 0 heterocycles. The highest BCUT2D eigenvalue weighted by Gasteiger charge is 2.41. The van der Waals surface area contributed by atoms with E-state index in [1.54, 1.807) is 18.2 Å². The number of nitrogens with two attached hydrogens (primary N) is 1. The first-order chi connectivity index (χ1) is 14.8. The van der Waals surface area contributed by atoms with Gasteiger partial charge in [-0.05, 0) is 40.7 Å². The van der Waals surface area contributed by atoms with Gasteiger partial charge in [0.1, 0.15) is 11.8 Å². The van der Waals surface area contributed by atoms with Crippen LogP contribution >= 0.6 is 0 Å². The third kappa shape index (κ3) is 4.83. The lowest BCUT2D eigenvalue weighted by Crippen LogP contribution is -2.40. The lowest BCUT2D eigenvalue weighted by molar-refractivity contribution is -0.149. The number of hydrogen-bond donors (Lipinski definition) is 4. The summed E-state index contributed by atoms with van der Waals surface area (Å²) in [6.45, 7) is 5.52. The van der Waals surface area contributed by atoms with Gasteiger partial charge in [0, 0.05) is 5.56 Å². The van der Waals surface area contributed by atoms with Gasteiger partial charge in [-0.2, -0.15) is 13.2 Å². The summed E-state index contributed by atoms with van der Waals surface area (Å²) in [7, 11) is 1.22. The Hall–Kier alpha value is -2.78. The second kappa shape index (κ2) is 8.63. The van der Waals surface area contributed by atoms with Crippen LogP contribution in [0, 0.1) is 0 Å². The molecule has 0 saturated carbocycles. The number of ether oxygens (including phenoxy) is 1. The first-order valence-corrected chi connectivity index (χ1v) is 10.2. The third-order valence-electron chi connectivity index (χ3n) is 5.63. The summed E-state index contributed by atoms with van der Waals surface area (Å²) in [4.78, 5) is 12.7. The van der Waals surface area contributed by atoms with Gasteiger partial charge in [0.05, 0.1) is 24.9 Å². The number of carbonyl (C=O) groups excluding carboxylic acids is 1. The van der Waals surface area contributed by atoms with Gasteiger partial charge in [-0.15, -0.1) is 0 Å². The molecule has 1 aliphatic carbocycles. The van der Waals surface area contributed by atoms with Crippen molar-refractivity contribution in [2.75, 3.05) is 12.4 Å². The number of fused-ring (bicyclic) bond motifs is 1. The Labute approximate surface area is 185 Å². The molecule has 2 aromatic carbocycles. The Morgan fingerprint density at radius 3 is 2.44 bits per heavy atom. The molecule has 6 nitrogen and oxygen atoms in total. The second-order valence-electron chi connectivity index (χ2n) is 8.97. The number of alkyl halides is 3. The molecule has 1 aliphatic rings. The number of nitrogens with one attached hydrogen (secondary N) is 2. The van der Waals surface area contributed by atoms with E-state index >= 15 is 0 Å². The van der Waals surface area contributed by atoms with Gasteiger partial charge in [-0.1, -0.05) is 45.0 Å². The fourth-order valence-corrected chi connectivity index (χ4v) is 3.84. The maximum Gasteiger partial charge on any atom is 0.407 e. The summed E-state index contributed by atoms with van der Waals surface area (Å²) < 4.78 is 45.5. The van der Waals surface area contributed by atoms with Gasteiger partial charge in [-0.3, -0.25) is 0 Å². The van der Waals surface area contributed by atoms with Gasteiger partial charge in [0.2, 0.25) is 0 Å². The van der Waals surface area contributed by atoms with Crippen molar-refractivity contribution in [3.8, 4) is 5.75 Å². The van der Waals surface area contributed by atoms with E-state index < -0.39 is 35.8 Å². The zero-order chi connectivity index (χ0) is 23.8. The van der Waals surface area contributed by atoms with Crippen molar-refractivity contribution < 1.29 is 27.8 Å². The molecule has 1 unspecified atom stereocenters. The van der Waals surface area contributed by atoms with Crippen LogP contribution in [0.5, 0.6) is 5.75 Å². The molecule has 0 fully saturated rings. The lowest BCUT2D eigenvalue weighted by Gasteiger charge is -2.27. The standard InChI is InChI=1S/C23H28F3N3O3/c1-22(2,3)13-10-15(20(27)23(24,25)26)19(32-4)17(11-13)29-21(31)28-16-9-12-7-5-6-8-14(12)18(16)30/h5-8,10-11,16,18,20,30H,9,27H2,1-4H3,(H2,28,29,31)/t16-,18-,20?/m1/s1. The normalized spacial score (nSPS) is 19.3. The van der Waals surface area contributed by atoms with Gasteiger partial charge < -0.3 is 26.2 Å². The molecule has 0 aromatic heterocycles. The molecule has 2 aromatic rings. The summed E-state index contributed by atoms with van der Waals surface area (Å²) in [5.41, 5.74) is 7.00. The van der Waals surface area contributed by atoms with Crippen molar-refractivity contribution in [1.82, 2.24) is 5.32 Å². The summed E-state index contributed by atoms with van der Waals surface area (Å²) in [5.74, 6) is -0.159. The van der Waals surface area contributed by atoms with Crippen LogP contribution in [0.2, 0.25) is 0 Å². The number of hydrogen-bond acceptors (Lipinski definition) is 4. The summed E-state index contributed by atoms with van der Waals surface area (Å²) in [5, 5.41) is 15.8. The molecular weight excluding hydrogens is 423 g/mol. The van der Waals surface area contributed by atoms with E-state index in [9.17, 15) is 23.1 Å². The van der Waals surface area contributed by atoms with E-state index in [2.05, 4.69) is 10.6 Å². The molecule has 5 N–H and O–H groups in total. The van der Waals surface area contributed by atoms with Crippen LogP contribution < -0.4 is 21.1 Å². The van der Waals surface area contributed by atoms with E-state index in [0.717, 1.165) is 11.1 Å². The number of rotatable bonds is 4. The molecule has 0 bridgehead atoms.